The monoisotopic (exact) mass is 233 g/mol. The highest BCUT2D eigenvalue weighted by Gasteiger charge is 2.10. The van der Waals surface area contributed by atoms with Gasteiger partial charge in [-0.25, -0.2) is 0 Å². The molecule has 2 N–H and O–H groups in total. The van der Waals surface area contributed by atoms with Gasteiger partial charge in [-0.2, -0.15) is 0 Å². The van der Waals surface area contributed by atoms with Crippen LogP contribution >= 0.6 is 0 Å². The van der Waals surface area contributed by atoms with Crippen molar-refractivity contribution in [2.75, 3.05) is 11.9 Å². The summed E-state index contributed by atoms with van der Waals surface area (Å²) in [6.07, 6.45) is -0.561. The predicted molar refractivity (Wildman–Crippen MR) is 70.1 cm³/mol. The quantitative estimate of drug-likeness (QED) is 0.741. The summed E-state index contributed by atoms with van der Waals surface area (Å²) in [7, 11) is 0. The molecule has 1 aromatic rings. The zero-order valence-electron chi connectivity index (χ0n) is 10.4. The molecule has 0 aliphatic rings. The number of rotatable bonds is 6. The van der Waals surface area contributed by atoms with E-state index < -0.39 is 6.10 Å². The van der Waals surface area contributed by atoms with Gasteiger partial charge in [-0.3, -0.25) is 4.79 Å². The summed E-state index contributed by atoms with van der Waals surface area (Å²) in [6, 6.07) is 7.88. The molecule has 0 amide bonds. The highest BCUT2D eigenvalue weighted by molar-refractivity contribution is 5.94. The van der Waals surface area contributed by atoms with E-state index in [1.165, 1.54) is 5.56 Å². The normalized spacial score (nSPS) is 11.9. The van der Waals surface area contributed by atoms with Gasteiger partial charge in [0.05, 0.1) is 6.10 Å². The molecule has 0 heterocycles. The van der Waals surface area contributed by atoms with Gasteiger partial charge in [0.1, 0.15) is 0 Å². The lowest BCUT2D eigenvalue weighted by atomic mass is 10.1. The van der Waals surface area contributed by atoms with Crippen molar-refractivity contribution in [3.8, 4) is 0 Å². The molecule has 1 rings (SSSR count). The van der Waals surface area contributed by atoms with Crippen LogP contribution in [-0.4, -0.2) is 23.5 Å². The average Bonchev–Trinajstić information content (AvgIpc) is 2.28. The molecule has 1 unspecified atom stereocenters. The topological polar surface area (TPSA) is 49.3 Å². The van der Waals surface area contributed by atoms with Gasteiger partial charge in [0.15, 0.2) is 5.78 Å². The number of Topliss-reactive ketones (excluding diaryl/α,β-unsaturated/α-hetero) is 1. The number of carbonyl (C=O) groups excluding carboxylic acids is 1. The fourth-order valence-electron chi connectivity index (χ4n) is 1.37. The number of aryl methyl sites for hydroxylation is 1. The number of benzene rings is 1. The number of nitrogens with one attached hydrogen (secondary N) is 1. The first-order chi connectivity index (χ1) is 7.99. The minimum absolute atomic E-state index is 0.0943. The van der Waals surface area contributed by atoms with Gasteiger partial charge >= 0.3 is 0 Å². The molecule has 0 aliphatic heterocycles. The molecule has 0 bridgehead atoms. The maximum Gasteiger partial charge on any atom is 0.160 e. The zero-order chi connectivity index (χ0) is 12.8. The second kappa shape index (κ2) is 6.21. The van der Waals surface area contributed by atoms with E-state index in [-0.39, 0.29) is 12.2 Å². The fourth-order valence-corrected chi connectivity index (χ4v) is 1.37. The van der Waals surface area contributed by atoms with Crippen LogP contribution in [0.1, 0.15) is 18.9 Å². The molecule has 92 valence electrons. The van der Waals surface area contributed by atoms with Crippen molar-refractivity contribution in [1.82, 2.24) is 0 Å². The molecule has 17 heavy (non-hydrogen) atoms. The van der Waals surface area contributed by atoms with E-state index in [0.717, 1.165) is 5.69 Å². The van der Waals surface area contributed by atoms with Crippen molar-refractivity contribution in [2.45, 2.75) is 26.4 Å². The van der Waals surface area contributed by atoms with Gasteiger partial charge in [-0.15, -0.1) is 0 Å². The molecular formula is C14H19NO2. The van der Waals surface area contributed by atoms with Gasteiger partial charge in [0.25, 0.3) is 0 Å². The van der Waals surface area contributed by atoms with Crippen molar-refractivity contribution in [3.63, 3.8) is 0 Å². The lowest BCUT2D eigenvalue weighted by Gasteiger charge is -2.12. The van der Waals surface area contributed by atoms with E-state index in [0.29, 0.717) is 12.1 Å². The summed E-state index contributed by atoms with van der Waals surface area (Å²) in [5.41, 5.74) is 2.62. The summed E-state index contributed by atoms with van der Waals surface area (Å²) >= 11 is 0. The Kier molecular flexibility index (Phi) is 4.91. The first-order valence-corrected chi connectivity index (χ1v) is 5.66. The molecule has 0 radical (unpaired) electrons. The fraction of sp³-hybridized carbons (Fsp3) is 0.357. The molecule has 0 spiro atoms. The Morgan fingerprint density at radius 2 is 2.00 bits per heavy atom. The molecule has 0 saturated carbocycles. The van der Waals surface area contributed by atoms with Crippen LogP contribution in [0.2, 0.25) is 0 Å². The molecule has 0 aliphatic carbocycles. The van der Waals surface area contributed by atoms with Crippen LogP contribution in [0.3, 0.4) is 0 Å². The predicted octanol–water partition coefficient (Wildman–Crippen LogP) is 2.30. The number of aliphatic hydroxyl groups excluding tert-OH is 1. The Labute approximate surface area is 102 Å². The Bertz CT molecular complexity index is 395. The minimum Gasteiger partial charge on any atom is -0.391 e. The first-order valence-electron chi connectivity index (χ1n) is 5.66. The Morgan fingerprint density at radius 3 is 2.53 bits per heavy atom. The van der Waals surface area contributed by atoms with Gasteiger partial charge in [0, 0.05) is 18.7 Å². The highest BCUT2D eigenvalue weighted by atomic mass is 16.3. The molecule has 3 nitrogen and oxygen atoms in total. The van der Waals surface area contributed by atoms with Crippen molar-refractivity contribution in [1.29, 1.82) is 0 Å². The number of hydrogen-bond donors (Lipinski definition) is 2. The summed E-state index contributed by atoms with van der Waals surface area (Å²) in [4.78, 5) is 11.3. The standard InChI is InChI=1S/C14H19NO2/c1-10(2)14(17)8-13(16)9-15-12-6-4-11(3)5-7-12/h4-7,13,15-16H,1,8-9H2,2-3H3. The van der Waals surface area contributed by atoms with Crippen LogP contribution in [0.15, 0.2) is 36.4 Å². The third-order valence-electron chi connectivity index (χ3n) is 2.49. The Hall–Kier alpha value is -1.61. The maximum atomic E-state index is 11.3. The van der Waals surface area contributed by atoms with Gasteiger partial charge < -0.3 is 10.4 Å². The van der Waals surface area contributed by atoms with Crippen LogP contribution in [0, 0.1) is 6.92 Å². The second-order valence-electron chi connectivity index (χ2n) is 4.31. The van der Waals surface area contributed by atoms with Crippen LogP contribution < -0.4 is 5.32 Å². The molecule has 0 saturated heterocycles. The van der Waals surface area contributed by atoms with E-state index in [1.807, 2.05) is 31.2 Å². The highest BCUT2D eigenvalue weighted by Crippen LogP contribution is 2.09. The SMILES string of the molecule is C=C(C)C(=O)CC(O)CNc1ccc(C)cc1. The largest absolute Gasteiger partial charge is 0.391 e. The van der Waals surface area contributed by atoms with Crippen molar-refractivity contribution >= 4 is 11.5 Å². The molecule has 0 aromatic heterocycles. The number of aliphatic hydroxyl groups is 1. The van der Waals surface area contributed by atoms with E-state index in [9.17, 15) is 9.90 Å². The maximum absolute atomic E-state index is 11.3. The molecule has 3 heteroatoms. The van der Waals surface area contributed by atoms with Gasteiger partial charge in [0.2, 0.25) is 0 Å². The summed E-state index contributed by atoms with van der Waals surface area (Å²) < 4.78 is 0. The number of carbonyl (C=O) groups is 1. The third kappa shape index (κ3) is 4.83. The van der Waals surface area contributed by atoms with Gasteiger partial charge in [-0.1, -0.05) is 24.3 Å². The average molecular weight is 233 g/mol. The summed E-state index contributed by atoms with van der Waals surface area (Å²) in [5.74, 6) is -0.0943. The summed E-state index contributed by atoms with van der Waals surface area (Å²) in [5, 5.41) is 12.7. The molecule has 0 fully saturated rings. The van der Waals surface area contributed by atoms with E-state index in [1.54, 1.807) is 6.92 Å². The first kappa shape index (κ1) is 13.5. The number of ketones is 1. The third-order valence-corrected chi connectivity index (χ3v) is 2.49. The van der Waals surface area contributed by atoms with Crippen molar-refractivity contribution < 1.29 is 9.90 Å². The van der Waals surface area contributed by atoms with Crippen molar-refractivity contribution in [3.05, 3.63) is 42.0 Å². The smallest absolute Gasteiger partial charge is 0.160 e. The van der Waals surface area contributed by atoms with Crippen LogP contribution in [0.25, 0.3) is 0 Å². The lowest BCUT2D eigenvalue weighted by Crippen LogP contribution is -2.23. The number of allylic oxidation sites excluding steroid dienone is 1. The van der Waals surface area contributed by atoms with Crippen LogP contribution in [-0.2, 0) is 4.79 Å². The Balaban J connectivity index is 2.38. The minimum atomic E-state index is -0.680. The van der Waals surface area contributed by atoms with E-state index >= 15 is 0 Å². The van der Waals surface area contributed by atoms with Crippen LogP contribution in [0.5, 0.6) is 0 Å². The van der Waals surface area contributed by atoms with E-state index in [2.05, 4.69) is 11.9 Å². The van der Waals surface area contributed by atoms with Crippen LogP contribution in [0.4, 0.5) is 5.69 Å². The molecular weight excluding hydrogens is 214 g/mol. The zero-order valence-corrected chi connectivity index (χ0v) is 10.4. The molecule has 1 aromatic carbocycles. The van der Waals surface area contributed by atoms with Crippen molar-refractivity contribution in [2.24, 2.45) is 0 Å². The number of hydrogen-bond acceptors (Lipinski definition) is 3. The lowest BCUT2D eigenvalue weighted by molar-refractivity contribution is -0.117. The second-order valence-corrected chi connectivity index (χ2v) is 4.31. The Morgan fingerprint density at radius 1 is 1.41 bits per heavy atom. The number of anilines is 1. The van der Waals surface area contributed by atoms with E-state index in [4.69, 9.17) is 0 Å². The summed E-state index contributed by atoms with van der Waals surface area (Å²) in [6.45, 7) is 7.59. The van der Waals surface area contributed by atoms with Gasteiger partial charge in [-0.05, 0) is 31.6 Å². The molecule has 1 atom stereocenters.